The van der Waals surface area contributed by atoms with E-state index >= 15 is 0 Å². The molecule has 154 valence electrons. The first-order chi connectivity index (χ1) is 13.1. The number of carbonyl (C=O) groups is 2. The number of carbonyl (C=O) groups excluding carboxylic acids is 2. The summed E-state index contributed by atoms with van der Waals surface area (Å²) in [5.74, 6) is 0.230. The van der Waals surface area contributed by atoms with Crippen LogP contribution in [-0.2, 0) is 9.53 Å². The number of hydrogen-bond acceptors (Lipinski definition) is 5. The third kappa shape index (κ3) is 4.85. The van der Waals surface area contributed by atoms with Gasteiger partial charge in [0.05, 0.1) is 13.2 Å². The zero-order valence-corrected chi connectivity index (χ0v) is 16.7. The smallest absolute Gasteiger partial charge is 0.410 e. The average Bonchev–Trinajstić information content (AvgIpc) is 2.51. The third-order valence-corrected chi connectivity index (χ3v) is 4.76. The molecule has 7 nitrogen and oxygen atoms in total. The van der Waals surface area contributed by atoms with E-state index < -0.39 is 11.4 Å². The van der Waals surface area contributed by atoms with Crippen LogP contribution in [0.4, 0.5) is 9.18 Å². The Kier molecular flexibility index (Phi) is 5.67. The van der Waals surface area contributed by atoms with Crippen molar-refractivity contribution in [2.24, 2.45) is 5.92 Å². The van der Waals surface area contributed by atoms with Gasteiger partial charge in [-0.15, -0.1) is 0 Å². The Morgan fingerprint density at radius 3 is 2.46 bits per heavy atom. The summed E-state index contributed by atoms with van der Waals surface area (Å²) in [6.45, 7) is 6.36. The molecule has 1 N–H and O–H groups in total. The van der Waals surface area contributed by atoms with E-state index in [1.807, 2.05) is 20.8 Å². The van der Waals surface area contributed by atoms with E-state index in [9.17, 15) is 14.0 Å². The van der Waals surface area contributed by atoms with Crippen molar-refractivity contribution < 1.29 is 28.2 Å². The number of nitrogens with zero attached hydrogens (tertiary/aromatic N) is 1. The number of hydrogen-bond donors (Lipinski definition) is 1. The predicted octanol–water partition coefficient (Wildman–Crippen LogP) is 2.73. The van der Waals surface area contributed by atoms with Gasteiger partial charge in [0, 0.05) is 25.1 Å². The van der Waals surface area contributed by atoms with E-state index in [1.165, 1.54) is 25.3 Å². The summed E-state index contributed by atoms with van der Waals surface area (Å²) >= 11 is 0. The van der Waals surface area contributed by atoms with Gasteiger partial charge in [-0.1, -0.05) is 0 Å². The maximum Gasteiger partial charge on any atom is 0.410 e. The Balaban J connectivity index is 1.38. The quantitative estimate of drug-likeness (QED) is 0.831. The van der Waals surface area contributed by atoms with Crippen LogP contribution >= 0.6 is 0 Å². The zero-order chi connectivity index (χ0) is 20.5. The van der Waals surface area contributed by atoms with Crippen LogP contribution in [0.25, 0.3) is 0 Å². The van der Waals surface area contributed by atoms with Crippen molar-refractivity contribution in [2.75, 3.05) is 20.2 Å². The van der Waals surface area contributed by atoms with Gasteiger partial charge in [0.25, 0.3) is 0 Å². The molecule has 2 aliphatic rings. The van der Waals surface area contributed by atoms with E-state index in [-0.39, 0.29) is 30.1 Å². The Hall–Kier alpha value is -2.51. The molecule has 1 saturated heterocycles. The van der Waals surface area contributed by atoms with Crippen molar-refractivity contribution in [2.45, 2.75) is 51.4 Å². The van der Waals surface area contributed by atoms with Crippen LogP contribution in [0.3, 0.4) is 0 Å². The van der Waals surface area contributed by atoms with Crippen LogP contribution in [0.15, 0.2) is 18.2 Å². The van der Waals surface area contributed by atoms with Gasteiger partial charge in [-0.05, 0) is 45.7 Å². The lowest BCUT2D eigenvalue weighted by Crippen LogP contribution is -2.62. The topological polar surface area (TPSA) is 77.1 Å². The van der Waals surface area contributed by atoms with Crippen LogP contribution in [0.1, 0.15) is 33.6 Å². The van der Waals surface area contributed by atoms with Gasteiger partial charge in [-0.25, -0.2) is 9.18 Å². The Bertz CT molecular complexity index is 737. The van der Waals surface area contributed by atoms with Crippen molar-refractivity contribution >= 4 is 12.0 Å². The van der Waals surface area contributed by atoms with Crippen LogP contribution in [-0.4, -0.2) is 54.8 Å². The Labute approximate surface area is 164 Å². The molecule has 0 atom stereocenters. The van der Waals surface area contributed by atoms with Gasteiger partial charge in [-0.3, -0.25) is 4.79 Å². The Morgan fingerprint density at radius 1 is 1.18 bits per heavy atom. The van der Waals surface area contributed by atoms with E-state index in [1.54, 1.807) is 4.90 Å². The first kappa shape index (κ1) is 20.2. The van der Waals surface area contributed by atoms with Gasteiger partial charge in [0.1, 0.15) is 17.5 Å². The number of methoxy groups -OCH3 is 1. The number of nitrogens with one attached hydrogen (secondary N) is 1. The summed E-state index contributed by atoms with van der Waals surface area (Å²) in [4.78, 5) is 25.8. The van der Waals surface area contributed by atoms with Gasteiger partial charge < -0.3 is 24.4 Å². The summed E-state index contributed by atoms with van der Waals surface area (Å²) in [5, 5.41) is 2.95. The summed E-state index contributed by atoms with van der Waals surface area (Å²) in [6, 6.07) is 4.05. The lowest BCUT2D eigenvalue weighted by atomic mass is 9.81. The van der Waals surface area contributed by atoms with E-state index in [0.717, 1.165) is 0 Å². The summed E-state index contributed by atoms with van der Waals surface area (Å²) in [6.07, 6.45) is 0.618. The summed E-state index contributed by atoms with van der Waals surface area (Å²) in [7, 11) is 1.50. The molecular formula is C20H27FN2O5. The largest absolute Gasteiger partial charge is 0.493 e. The fourth-order valence-electron chi connectivity index (χ4n) is 3.16. The normalized spacial score (nSPS) is 22.0. The van der Waals surface area contributed by atoms with Gasteiger partial charge >= 0.3 is 6.09 Å². The summed E-state index contributed by atoms with van der Waals surface area (Å²) < 4.78 is 29.6. The fourth-order valence-corrected chi connectivity index (χ4v) is 3.16. The summed E-state index contributed by atoms with van der Waals surface area (Å²) in [5.41, 5.74) is -0.531. The highest BCUT2D eigenvalue weighted by molar-refractivity contribution is 5.80. The van der Waals surface area contributed by atoms with Crippen LogP contribution in [0.2, 0.25) is 0 Å². The second kappa shape index (κ2) is 7.85. The molecule has 1 aliphatic carbocycles. The standard InChI is InChI=1S/C20H27FN2O5/c1-20(2,3)28-19(25)23-10-14(11-23)22-18(24)12-7-15(8-12)27-17-9-13(21)5-6-16(17)26-4/h5-6,9,12,14-15H,7-8,10-11H2,1-4H3,(H,22,24). The van der Waals surface area contributed by atoms with Crippen molar-refractivity contribution in [3.63, 3.8) is 0 Å². The van der Waals surface area contributed by atoms with Crippen molar-refractivity contribution in [1.82, 2.24) is 10.2 Å². The molecule has 0 aromatic heterocycles. The highest BCUT2D eigenvalue weighted by atomic mass is 19.1. The molecule has 2 amide bonds. The van der Waals surface area contributed by atoms with Crippen molar-refractivity contribution in [3.8, 4) is 11.5 Å². The SMILES string of the molecule is COc1ccc(F)cc1OC1CC(C(=O)NC2CN(C(=O)OC(C)(C)C)C2)C1. The number of rotatable bonds is 5. The van der Waals surface area contributed by atoms with Crippen LogP contribution < -0.4 is 14.8 Å². The maximum atomic E-state index is 13.4. The molecule has 1 aliphatic heterocycles. The molecule has 0 radical (unpaired) electrons. The number of ether oxygens (including phenoxy) is 3. The first-order valence-electron chi connectivity index (χ1n) is 9.43. The second-order valence-electron chi connectivity index (χ2n) is 8.29. The molecule has 8 heteroatoms. The highest BCUT2D eigenvalue weighted by Crippen LogP contribution is 2.36. The second-order valence-corrected chi connectivity index (χ2v) is 8.29. The molecule has 1 aromatic rings. The van der Waals surface area contributed by atoms with Gasteiger partial charge in [0.15, 0.2) is 11.5 Å². The van der Waals surface area contributed by atoms with Crippen LogP contribution in [0, 0.1) is 11.7 Å². The minimum Gasteiger partial charge on any atom is -0.493 e. The van der Waals surface area contributed by atoms with E-state index in [2.05, 4.69) is 5.32 Å². The number of amides is 2. The lowest BCUT2D eigenvalue weighted by Gasteiger charge is -2.41. The van der Waals surface area contributed by atoms with Crippen LogP contribution in [0.5, 0.6) is 11.5 Å². The maximum absolute atomic E-state index is 13.4. The minimum absolute atomic E-state index is 0.0418. The molecule has 3 rings (SSSR count). The minimum atomic E-state index is -0.531. The predicted molar refractivity (Wildman–Crippen MR) is 99.8 cm³/mol. The Morgan fingerprint density at radius 2 is 1.86 bits per heavy atom. The van der Waals surface area contributed by atoms with E-state index in [4.69, 9.17) is 14.2 Å². The monoisotopic (exact) mass is 394 g/mol. The third-order valence-electron chi connectivity index (χ3n) is 4.76. The number of likely N-dealkylation sites (tertiary alicyclic amines) is 1. The molecule has 0 bridgehead atoms. The molecule has 1 saturated carbocycles. The molecule has 28 heavy (non-hydrogen) atoms. The van der Waals surface area contributed by atoms with Gasteiger partial charge in [0.2, 0.25) is 5.91 Å². The van der Waals surface area contributed by atoms with Crippen molar-refractivity contribution in [3.05, 3.63) is 24.0 Å². The van der Waals surface area contributed by atoms with Gasteiger partial charge in [-0.2, -0.15) is 0 Å². The fraction of sp³-hybridized carbons (Fsp3) is 0.600. The zero-order valence-electron chi connectivity index (χ0n) is 16.7. The van der Waals surface area contributed by atoms with Crippen molar-refractivity contribution in [1.29, 1.82) is 0 Å². The first-order valence-corrected chi connectivity index (χ1v) is 9.43. The van der Waals surface area contributed by atoms with E-state index in [0.29, 0.717) is 37.4 Å². The molecule has 1 aromatic carbocycles. The molecular weight excluding hydrogens is 367 g/mol. The number of benzene rings is 1. The molecule has 1 heterocycles. The highest BCUT2D eigenvalue weighted by Gasteiger charge is 2.40. The molecule has 2 fully saturated rings. The molecule has 0 unspecified atom stereocenters. The lowest BCUT2D eigenvalue weighted by molar-refractivity contribution is -0.132. The number of halogens is 1. The molecule has 0 spiro atoms. The average molecular weight is 394 g/mol.